The van der Waals surface area contributed by atoms with Crippen LogP contribution >= 0.6 is 0 Å². The molecular formula is C15H28O2. The summed E-state index contributed by atoms with van der Waals surface area (Å²) >= 11 is 0. The molecule has 0 saturated heterocycles. The van der Waals surface area contributed by atoms with Gasteiger partial charge in [0.25, 0.3) is 0 Å². The molecule has 2 aliphatic rings. The summed E-state index contributed by atoms with van der Waals surface area (Å²) in [7, 11) is 0. The molecule has 2 N–H and O–H groups in total. The van der Waals surface area contributed by atoms with Crippen LogP contribution in [0.1, 0.15) is 66.2 Å². The summed E-state index contributed by atoms with van der Waals surface area (Å²) in [4.78, 5) is 0. The Hall–Kier alpha value is -0.0800. The van der Waals surface area contributed by atoms with Gasteiger partial charge in [-0.2, -0.15) is 0 Å². The van der Waals surface area contributed by atoms with Crippen LogP contribution in [-0.2, 0) is 0 Å². The van der Waals surface area contributed by atoms with Gasteiger partial charge in [-0.3, -0.25) is 0 Å². The van der Waals surface area contributed by atoms with Crippen molar-refractivity contribution in [2.45, 2.75) is 77.4 Å². The van der Waals surface area contributed by atoms with Crippen LogP contribution in [0.3, 0.4) is 0 Å². The molecule has 2 aliphatic carbocycles. The van der Waals surface area contributed by atoms with Crippen molar-refractivity contribution in [3.05, 3.63) is 0 Å². The van der Waals surface area contributed by atoms with E-state index in [-0.39, 0.29) is 0 Å². The predicted molar refractivity (Wildman–Crippen MR) is 69.7 cm³/mol. The Bertz CT molecular complexity index is 290. The van der Waals surface area contributed by atoms with Gasteiger partial charge in [-0.15, -0.1) is 0 Å². The van der Waals surface area contributed by atoms with Crippen molar-refractivity contribution in [2.75, 3.05) is 0 Å². The van der Waals surface area contributed by atoms with Crippen LogP contribution < -0.4 is 0 Å². The molecule has 0 heterocycles. The van der Waals surface area contributed by atoms with Gasteiger partial charge in [0.2, 0.25) is 0 Å². The lowest BCUT2D eigenvalue weighted by Gasteiger charge is -2.55. The second-order valence-electron chi connectivity index (χ2n) is 7.54. The first-order chi connectivity index (χ1) is 7.65. The molecule has 0 aromatic carbocycles. The van der Waals surface area contributed by atoms with Crippen molar-refractivity contribution in [1.82, 2.24) is 0 Å². The maximum Gasteiger partial charge on any atom is 0.0653 e. The van der Waals surface area contributed by atoms with E-state index >= 15 is 0 Å². The third-order valence-corrected chi connectivity index (χ3v) is 5.61. The molecule has 2 fully saturated rings. The largest absolute Gasteiger partial charge is 0.390 e. The van der Waals surface area contributed by atoms with E-state index in [9.17, 15) is 10.2 Å². The molecular weight excluding hydrogens is 212 g/mol. The van der Waals surface area contributed by atoms with Crippen molar-refractivity contribution in [1.29, 1.82) is 0 Å². The Balaban J connectivity index is 2.20. The van der Waals surface area contributed by atoms with Crippen molar-refractivity contribution in [3.63, 3.8) is 0 Å². The topological polar surface area (TPSA) is 40.5 Å². The van der Waals surface area contributed by atoms with Gasteiger partial charge in [-0.1, -0.05) is 13.3 Å². The average Bonchev–Trinajstić information content (AvgIpc) is 2.14. The molecule has 2 nitrogen and oxygen atoms in total. The SMILES string of the molecule is CC(C)(O)[C@@H]1CCC2(C)CCC[C@](C)(O)[C@@H]2C1. The van der Waals surface area contributed by atoms with E-state index in [2.05, 4.69) is 6.92 Å². The zero-order chi connectivity index (χ0) is 12.9. The minimum absolute atomic E-state index is 0.295. The van der Waals surface area contributed by atoms with E-state index in [0.717, 1.165) is 32.1 Å². The lowest BCUT2D eigenvalue weighted by atomic mass is 9.52. The molecule has 0 aromatic rings. The van der Waals surface area contributed by atoms with Gasteiger partial charge in [0.15, 0.2) is 0 Å². The highest BCUT2D eigenvalue weighted by Crippen LogP contribution is 2.56. The van der Waals surface area contributed by atoms with Crippen LogP contribution in [0, 0.1) is 17.3 Å². The van der Waals surface area contributed by atoms with Crippen molar-refractivity contribution in [2.24, 2.45) is 17.3 Å². The lowest BCUT2D eigenvalue weighted by molar-refractivity contribution is -0.143. The highest BCUT2D eigenvalue weighted by atomic mass is 16.3. The van der Waals surface area contributed by atoms with E-state index < -0.39 is 11.2 Å². The van der Waals surface area contributed by atoms with E-state index in [1.54, 1.807) is 0 Å². The molecule has 0 radical (unpaired) electrons. The highest BCUT2D eigenvalue weighted by Gasteiger charge is 2.52. The third kappa shape index (κ3) is 2.39. The Kier molecular flexibility index (Phi) is 3.11. The summed E-state index contributed by atoms with van der Waals surface area (Å²) in [5.74, 6) is 0.694. The predicted octanol–water partition coefficient (Wildman–Crippen LogP) is 3.11. The fourth-order valence-corrected chi connectivity index (χ4v) is 4.33. The zero-order valence-electron chi connectivity index (χ0n) is 11.8. The minimum atomic E-state index is -0.602. The van der Waals surface area contributed by atoms with Gasteiger partial charge in [0.1, 0.15) is 0 Å². The summed E-state index contributed by atoms with van der Waals surface area (Å²) in [5, 5.41) is 20.8. The monoisotopic (exact) mass is 240 g/mol. The molecule has 0 bridgehead atoms. The van der Waals surface area contributed by atoms with Crippen molar-refractivity contribution in [3.8, 4) is 0 Å². The second kappa shape index (κ2) is 3.96. The van der Waals surface area contributed by atoms with Crippen LogP contribution in [0.2, 0.25) is 0 Å². The standard InChI is InChI=1S/C15H28O2/c1-13(2,16)11-6-9-14(3)7-5-8-15(4,17)12(14)10-11/h11-12,16-17H,5-10H2,1-4H3/t11-,12-,14?,15+/m1/s1. The maximum absolute atomic E-state index is 10.6. The number of hydrogen-bond acceptors (Lipinski definition) is 2. The Morgan fingerprint density at radius 2 is 1.76 bits per heavy atom. The quantitative estimate of drug-likeness (QED) is 0.739. The maximum atomic E-state index is 10.6. The fourth-order valence-electron chi connectivity index (χ4n) is 4.33. The Morgan fingerprint density at radius 3 is 2.35 bits per heavy atom. The van der Waals surface area contributed by atoms with Crippen molar-refractivity contribution < 1.29 is 10.2 Å². The van der Waals surface area contributed by atoms with Crippen LogP contribution in [0.15, 0.2) is 0 Å². The number of fused-ring (bicyclic) bond motifs is 1. The first kappa shape index (κ1) is 13.4. The summed E-state index contributed by atoms with van der Waals surface area (Å²) < 4.78 is 0. The van der Waals surface area contributed by atoms with Crippen LogP contribution in [0.4, 0.5) is 0 Å². The van der Waals surface area contributed by atoms with Gasteiger partial charge in [0, 0.05) is 0 Å². The molecule has 0 aliphatic heterocycles. The summed E-state index contributed by atoms with van der Waals surface area (Å²) in [5.41, 5.74) is -0.838. The molecule has 100 valence electrons. The molecule has 2 heteroatoms. The molecule has 0 spiro atoms. The van der Waals surface area contributed by atoms with Crippen LogP contribution in [0.5, 0.6) is 0 Å². The van der Waals surface area contributed by atoms with Gasteiger partial charge >= 0.3 is 0 Å². The summed E-state index contributed by atoms with van der Waals surface area (Å²) in [6.45, 7) is 8.17. The molecule has 1 unspecified atom stereocenters. The summed E-state index contributed by atoms with van der Waals surface area (Å²) in [6.07, 6.45) is 6.55. The van der Waals surface area contributed by atoms with Gasteiger partial charge in [-0.25, -0.2) is 0 Å². The average molecular weight is 240 g/mol. The van der Waals surface area contributed by atoms with Crippen molar-refractivity contribution >= 4 is 0 Å². The number of rotatable bonds is 1. The van der Waals surface area contributed by atoms with Gasteiger partial charge in [0.05, 0.1) is 11.2 Å². The Morgan fingerprint density at radius 1 is 1.12 bits per heavy atom. The lowest BCUT2D eigenvalue weighted by Crippen LogP contribution is -2.53. The van der Waals surface area contributed by atoms with Gasteiger partial charge in [-0.05, 0) is 70.1 Å². The minimum Gasteiger partial charge on any atom is -0.390 e. The van der Waals surface area contributed by atoms with Crippen LogP contribution in [0.25, 0.3) is 0 Å². The normalized spacial score (nSPS) is 47.6. The van der Waals surface area contributed by atoms with E-state index in [0.29, 0.717) is 17.3 Å². The summed E-state index contributed by atoms with van der Waals surface area (Å²) in [6, 6.07) is 0. The first-order valence-corrected chi connectivity index (χ1v) is 7.10. The van der Waals surface area contributed by atoms with E-state index in [4.69, 9.17) is 0 Å². The molecule has 2 rings (SSSR count). The smallest absolute Gasteiger partial charge is 0.0653 e. The Labute approximate surface area is 105 Å². The molecule has 0 amide bonds. The number of aliphatic hydroxyl groups is 2. The van der Waals surface area contributed by atoms with Crippen LogP contribution in [-0.4, -0.2) is 21.4 Å². The molecule has 4 atom stereocenters. The zero-order valence-corrected chi connectivity index (χ0v) is 11.8. The third-order valence-electron chi connectivity index (χ3n) is 5.61. The van der Waals surface area contributed by atoms with E-state index in [1.807, 2.05) is 20.8 Å². The van der Waals surface area contributed by atoms with E-state index in [1.165, 1.54) is 6.42 Å². The number of hydrogen-bond donors (Lipinski definition) is 2. The van der Waals surface area contributed by atoms with Gasteiger partial charge < -0.3 is 10.2 Å². The first-order valence-electron chi connectivity index (χ1n) is 7.10. The second-order valence-corrected chi connectivity index (χ2v) is 7.54. The highest BCUT2D eigenvalue weighted by molar-refractivity contribution is 5.03. The molecule has 0 aromatic heterocycles. The fraction of sp³-hybridized carbons (Fsp3) is 1.00. The molecule has 2 saturated carbocycles. The molecule has 17 heavy (non-hydrogen) atoms.